The molecule has 0 bridgehead atoms. The highest BCUT2D eigenvalue weighted by Crippen LogP contribution is 2.03. The van der Waals surface area contributed by atoms with E-state index in [2.05, 4.69) is 10.3 Å². The van der Waals surface area contributed by atoms with Crippen LogP contribution in [0.3, 0.4) is 0 Å². The highest BCUT2D eigenvalue weighted by Gasteiger charge is 2.13. The lowest BCUT2D eigenvalue weighted by molar-refractivity contribution is 0.0519. The van der Waals surface area contributed by atoms with Crippen molar-refractivity contribution in [1.82, 2.24) is 10.3 Å². The molecule has 0 saturated carbocycles. The maximum absolute atomic E-state index is 11.9. The molecule has 0 aromatic carbocycles. The summed E-state index contributed by atoms with van der Waals surface area (Å²) in [5.74, 6) is -0.291. The van der Waals surface area contributed by atoms with Gasteiger partial charge in [0.15, 0.2) is 0 Å². The molecule has 0 spiro atoms. The summed E-state index contributed by atoms with van der Waals surface area (Å²) in [6, 6.07) is 8.10. The fourth-order valence-corrected chi connectivity index (χ4v) is 1.55. The summed E-state index contributed by atoms with van der Waals surface area (Å²) in [5, 5.41) is 2.65. The van der Waals surface area contributed by atoms with E-state index in [1.54, 1.807) is 25.1 Å². The zero-order valence-electron chi connectivity index (χ0n) is 11.0. The summed E-state index contributed by atoms with van der Waals surface area (Å²) in [5.41, 5.74) is 0.264. The molecule has 104 valence electrons. The molecule has 0 aliphatic rings. The van der Waals surface area contributed by atoms with Gasteiger partial charge in [-0.15, -0.1) is 0 Å². The lowest BCUT2D eigenvalue weighted by Crippen LogP contribution is -2.24. The Bertz CT molecular complexity index is 593. The molecule has 6 nitrogen and oxygen atoms in total. The second-order valence-electron chi connectivity index (χ2n) is 3.89. The third-order valence-electron chi connectivity index (χ3n) is 2.47. The summed E-state index contributed by atoms with van der Waals surface area (Å²) in [6.07, 6.45) is 1.53. The second kappa shape index (κ2) is 6.51. The molecule has 0 atom stereocenters. The third-order valence-corrected chi connectivity index (χ3v) is 2.47. The predicted molar refractivity (Wildman–Crippen MR) is 70.1 cm³/mol. The van der Waals surface area contributed by atoms with Crippen molar-refractivity contribution in [3.05, 3.63) is 53.7 Å². The van der Waals surface area contributed by atoms with E-state index >= 15 is 0 Å². The van der Waals surface area contributed by atoms with Crippen molar-refractivity contribution in [2.24, 2.45) is 0 Å². The lowest BCUT2D eigenvalue weighted by atomic mass is 10.3. The van der Waals surface area contributed by atoms with Gasteiger partial charge in [-0.3, -0.25) is 4.79 Å². The van der Waals surface area contributed by atoms with E-state index in [0.717, 1.165) is 0 Å². The van der Waals surface area contributed by atoms with E-state index in [-0.39, 0.29) is 30.4 Å². The fraction of sp³-hybridized carbons (Fsp3) is 0.214. The fourth-order valence-electron chi connectivity index (χ4n) is 1.55. The Morgan fingerprint density at radius 2 is 2.05 bits per heavy atom. The first-order chi connectivity index (χ1) is 9.70. The van der Waals surface area contributed by atoms with Gasteiger partial charge < -0.3 is 14.5 Å². The molecule has 0 radical (unpaired) electrons. The number of rotatable bonds is 5. The van der Waals surface area contributed by atoms with Crippen molar-refractivity contribution in [3.8, 4) is 0 Å². The van der Waals surface area contributed by atoms with E-state index in [0.29, 0.717) is 5.76 Å². The molecule has 6 heteroatoms. The first kappa shape index (κ1) is 13.8. The van der Waals surface area contributed by atoms with Gasteiger partial charge in [0.1, 0.15) is 17.1 Å². The Kier molecular flexibility index (Phi) is 4.49. The summed E-state index contributed by atoms with van der Waals surface area (Å²) in [4.78, 5) is 27.4. The van der Waals surface area contributed by atoms with Crippen molar-refractivity contribution in [1.29, 1.82) is 0 Å². The number of hydrogen-bond acceptors (Lipinski definition) is 5. The average Bonchev–Trinajstić information content (AvgIpc) is 2.98. The molecule has 0 saturated heterocycles. The second-order valence-corrected chi connectivity index (χ2v) is 3.89. The number of pyridine rings is 1. The molecule has 2 aromatic heterocycles. The van der Waals surface area contributed by atoms with Crippen molar-refractivity contribution in [2.75, 3.05) is 6.61 Å². The number of hydrogen-bond donors (Lipinski definition) is 1. The number of carbonyl (C=O) groups excluding carboxylic acids is 2. The minimum Gasteiger partial charge on any atom is -0.467 e. The number of esters is 1. The van der Waals surface area contributed by atoms with Crippen LogP contribution in [0, 0.1) is 0 Å². The third kappa shape index (κ3) is 3.44. The van der Waals surface area contributed by atoms with E-state index in [9.17, 15) is 9.59 Å². The first-order valence-electron chi connectivity index (χ1n) is 6.15. The van der Waals surface area contributed by atoms with Gasteiger partial charge in [-0.05, 0) is 31.2 Å². The Morgan fingerprint density at radius 1 is 1.25 bits per heavy atom. The van der Waals surface area contributed by atoms with Gasteiger partial charge in [0.05, 0.1) is 19.4 Å². The van der Waals surface area contributed by atoms with Crippen LogP contribution in [0.1, 0.15) is 33.7 Å². The van der Waals surface area contributed by atoms with Crippen LogP contribution < -0.4 is 5.32 Å². The van der Waals surface area contributed by atoms with Gasteiger partial charge in [-0.2, -0.15) is 0 Å². The summed E-state index contributed by atoms with van der Waals surface area (Å²) in [6.45, 7) is 2.23. The van der Waals surface area contributed by atoms with Crippen molar-refractivity contribution in [3.63, 3.8) is 0 Å². The summed E-state index contributed by atoms with van der Waals surface area (Å²) < 4.78 is 9.94. The quantitative estimate of drug-likeness (QED) is 0.840. The monoisotopic (exact) mass is 274 g/mol. The normalized spacial score (nSPS) is 10.1. The maximum Gasteiger partial charge on any atom is 0.356 e. The number of nitrogens with one attached hydrogen (secondary N) is 1. The van der Waals surface area contributed by atoms with Crippen LogP contribution >= 0.6 is 0 Å². The molecular weight excluding hydrogens is 260 g/mol. The Hall–Kier alpha value is -2.63. The largest absolute Gasteiger partial charge is 0.467 e. The van der Waals surface area contributed by atoms with E-state index < -0.39 is 5.97 Å². The van der Waals surface area contributed by atoms with Gasteiger partial charge in [0.25, 0.3) is 5.91 Å². The zero-order valence-corrected chi connectivity index (χ0v) is 11.0. The molecule has 0 aliphatic heterocycles. The van der Waals surface area contributed by atoms with Crippen molar-refractivity contribution in [2.45, 2.75) is 13.5 Å². The molecule has 1 amide bonds. The number of carbonyl (C=O) groups is 2. The topological polar surface area (TPSA) is 81.4 Å². The van der Waals surface area contributed by atoms with Crippen LogP contribution in [0.15, 0.2) is 41.0 Å². The smallest absolute Gasteiger partial charge is 0.356 e. The summed E-state index contributed by atoms with van der Waals surface area (Å²) in [7, 11) is 0. The molecule has 0 aliphatic carbocycles. The average molecular weight is 274 g/mol. The minimum atomic E-state index is -0.548. The van der Waals surface area contributed by atoms with Gasteiger partial charge in [-0.1, -0.05) is 6.07 Å². The maximum atomic E-state index is 11.9. The van der Waals surface area contributed by atoms with E-state index in [4.69, 9.17) is 9.15 Å². The van der Waals surface area contributed by atoms with Crippen LogP contribution in [-0.4, -0.2) is 23.5 Å². The number of nitrogens with zero attached hydrogens (tertiary/aromatic N) is 1. The minimum absolute atomic E-state index is 0.109. The molecule has 0 unspecified atom stereocenters. The highest BCUT2D eigenvalue weighted by molar-refractivity contribution is 5.94. The first-order valence-corrected chi connectivity index (χ1v) is 6.15. The Labute approximate surface area is 115 Å². The highest BCUT2D eigenvalue weighted by atomic mass is 16.5. The molecule has 1 N–H and O–H groups in total. The number of ether oxygens (including phenoxy) is 1. The van der Waals surface area contributed by atoms with Gasteiger partial charge in [0, 0.05) is 0 Å². The lowest BCUT2D eigenvalue weighted by Gasteiger charge is -2.05. The van der Waals surface area contributed by atoms with Crippen LogP contribution in [0.25, 0.3) is 0 Å². The molecule has 20 heavy (non-hydrogen) atoms. The summed E-state index contributed by atoms with van der Waals surface area (Å²) >= 11 is 0. The van der Waals surface area contributed by atoms with Crippen LogP contribution in [0.2, 0.25) is 0 Å². The van der Waals surface area contributed by atoms with Gasteiger partial charge >= 0.3 is 5.97 Å². The molecule has 2 rings (SSSR count). The van der Waals surface area contributed by atoms with Crippen LogP contribution in [0.4, 0.5) is 0 Å². The SMILES string of the molecule is CCOC(=O)c1cccc(C(=O)NCc2ccco2)n1. The predicted octanol–water partition coefficient (Wildman–Crippen LogP) is 1.78. The molecule has 0 fully saturated rings. The van der Waals surface area contributed by atoms with Gasteiger partial charge in [0.2, 0.25) is 0 Å². The number of furan rings is 1. The van der Waals surface area contributed by atoms with Crippen LogP contribution in [-0.2, 0) is 11.3 Å². The number of aromatic nitrogens is 1. The van der Waals surface area contributed by atoms with E-state index in [1.807, 2.05) is 0 Å². The van der Waals surface area contributed by atoms with Crippen LogP contribution in [0.5, 0.6) is 0 Å². The molecule has 2 heterocycles. The number of amides is 1. The van der Waals surface area contributed by atoms with E-state index in [1.165, 1.54) is 18.4 Å². The van der Waals surface area contributed by atoms with Crippen molar-refractivity contribution >= 4 is 11.9 Å². The Morgan fingerprint density at radius 3 is 2.75 bits per heavy atom. The Balaban J connectivity index is 2.02. The molecular formula is C14H14N2O4. The zero-order chi connectivity index (χ0) is 14.4. The molecule has 2 aromatic rings. The van der Waals surface area contributed by atoms with Crippen molar-refractivity contribution < 1.29 is 18.7 Å². The van der Waals surface area contributed by atoms with Gasteiger partial charge in [-0.25, -0.2) is 9.78 Å². The standard InChI is InChI=1S/C14H14N2O4/c1-2-19-14(18)12-7-3-6-11(16-12)13(17)15-9-10-5-4-8-20-10/h3-8H,2,9H2,1H3,(H,15,17).